The van der Waals surface area contributed by atoms with Crippen molar-refractivity contribution in [3.05, 3.63) is 83.6 Å². The zero-order valence-corrected chi connectivity index (χ0v) is 12.8. The van der Waals surface area contributed by atoms with Gasteiger partial charge in [0.15, 0.2) is 0 Å². The molecule has 0 atom stereocenters. The fourth-order valence-electron chi connectivity index (χ4n) is 2.27. The topological polar surface area (TPSA) is 59.2 Å². The van der Waals surface area contributed by atoms with Gasteiger partial charge in [0.05, 0.1) is 6.42 Å². The first-order valence-electron chi connectivity index (χ1n) is 7.38. The van der Waals surface area contributed by atoms with Gasteiger partial charge in [-0.2, -0.15) is 0 Å². The highest BCUT2D eigenvalue weighted by atomic mass is 16.4. The summed E-state index contributed by atoms with van der Waals surface area (Å²) in [6.45, 7) is 0.496. The predicted octanol–water partition coefficient (Wildman–Crippen LogP) is 2.93. The molecule has 0 aliphatic carbocycles. The van der Waals surface area contributed by atoms with Crippen molar-refractivity contribution in [3.63, 3.8) is 0 Å². The van der Waals surface area contributed by atoms with Gasteiger partial charge in [-0.3, -0.25) is 4.79 Å². The number of rotatable bonds is 5. The minimum atomic E-state index is -0.277. The summed E-state index contributed by atoms with van der Waals surface area (Å²) in [6, 6.07) is 19.6. The number of nitrogens with zero attached hydrogens (tertiary/aromatic N) is 3. The van der Waals surface area contributed by atoms with Crippen LogP contribution in [0.4, 0.5) is 0 Å². The number of aromatic nitrogens is 2. The van der Waals surface area contributed by atoms with Crippen molar-refractivity contribution in [2.24, 2.45) is 0 Å². The van der Waals surface area contributed by atoms with E-state index in [-0.39, 0.29) is 11.8 Å². The summed E-state index contributed by atoms with van der Waals surface area (Å²) in [6.07, 6.45) is 0.517. The molecule has 1 heterocycles. The molecule has 5 nitrogen and oxygen atoms in total. The quantitative estimate of drug-likeness (QED) is 0.727. The molecule has 116 valence electrons. The summed E-state index contributed by atoms with van der Waals surface area (Å²) < 4.78 is 5.49. The van der Waals surface area contributed by atoms with Crippen LogP contribution in [0, 0.1) is 0 Å². The monoisotopic (exact) mass is 307 g/mol. The van der Waals surface area contributed by atoms with Crippen molar-refractivity contribution >= 4 is 5.91 Å². The average molecular weight is 307 g/mol. The minimum Gasteiger partial charge on any atom is -0.417 e. The Labute approximate surface area is 134 Å². The Morgan fingerprint density at radius 1 is 0.957 bits per heavy atom. The highest BCUT2D eigenvalue weighted by Gasteiger charge is 2.19. The maximum atomic E-state index is 12.3. The highest BCUT2D eigenvalue weighted by molar-refractivity contribution is 5.89. The summed E-state index contributed by atoms with van der Waals surface area (Å²) in [7, 11) is 1.72. The maximum Gasteiger partial charge on any atom is 0.311 e. The van der Waals surface area contributed by atoms with Gasteiger partial charge >= 0.3 is 11.8 Å². The SMILES string of the molecule is CN(Cc1ccccc1)C(=O)c1nnc(Cc2ccccc2)o1. The van der Waals surface area contributed by atoms with E-state index in [0.29, 0.717) is 18.9 Å². The van der Waals surface area contributed by atoms with Gasteiger partial charge in [0.25, 0.3) is 0 Å². The third kappa shape index (κ3) is 3.83. The number of carbonyl (C=O) groups is 1. The van der Waals surface area contributed by atoms with Gasteiger partial charge in [0, 0.05) is 13.6 Å². The summed E-state index contributed by atoms with van der Waals surface area (Å²) in [5.41, 5.74) is 2.11. The molecule has 0 saturated carbocycles. The lowest BCUT2D eigenvalue weighted by Gasteiger charge is -2.14. The fraction of sp³-hybridized carbons (Fsp3) is 0.167. The van der Waals surface area contributed by atoms with Crippen LogP contribution in [-0.4, -0.2) is 28.1 Å². The van der Waals surface area contributed by atoms with E-state index in [4.69, 9.17) is 4.42 Å². The predicted molar refractivity (Wildman–Crippen MR) is 85.8 cm³/mol. The molecule has 2 aromatic carbocycles. The second kappa shape index (κ2) is 6.87. The molecule has 5 heteroatoms. The minimum absolute atomic E-state index is 0.0226. The summed E-state index contributed by atoms with van der Waals surface area (Å²) >= 11 is 0. The Bertz CT molecular complexity index is 769. The summed E-state index contributed by atoms with van der Waals surface area (Å²) in [5.74, 6) is 0.183. The Hall–Kier alpha value is -2.95. The van der Waals surface area contributed by atoms with Crippen LogP contribution in [0.15, 0.2) is 65.1 Å². The molecule has 3 aromatic rings. The molecule has 0 fully saturated rings. The molecule has 1 aromatic heterocycles. The van der Waals surface area contributed by atoms with Gasteiger partial charge in [-0.25, -0.2) is 0 Å². The largest absolute Gasteiger partial charge is 0.417 e. The van der Waals surface area contributed by atoms with Gasteiger partial charge in [0.1, 0.15) is 0 Å². The molecule has 0 aliphatic rings. The summed E-state index contributed by atoms with van der Waals surface area (Å²) in [4.78, 5) is 13.9. The van der Waals surface area contributed by atoms with Crippen LogP contribution in [0.3, 0.4) is 0 Å². The standard InChI is InChI=1S/C18H17N3O2/c1-21(13-15-10-6-3-7-11-15)18(22)17-20-19-16(23-17)12-14-8-4-2-5-9-14/h2-11H,12-13H2,1H3. The van der Waals surface area contributed by atoms with E-state index in [1.54, 1.807) is 11.9 Å². The van der Waals surface area contributed by atoms with Gasteiger partial charge in [-0.15, -0.1) is 10.2 Å². The molecule has 0 unspecified atom stereocenters. The van der Waals surface area contributed by atoms with Gasteiger partial charge in [0.2, 0.25) is 5.89 Å². The van der Waals surface area contributed by atoms with Gasteiger partial charge in [-0.1, -0.05) is 60.7 Å². The van der Waals surface area contributed by atoms with Crippen molar-refractivity contribution < 1.29 is 9.21 Å². The molecule has 1 amide bonds. The number of carbonyl (C=O) groups excluding carboxylic acids is 1. The Kier molecular flexibility index (Phi) is 4.47. The van der Waals surface area contributed by atoms with Crippen molar-refractivity contribution in [1.29, 1.82) is 0 Å². The van der Waals surface area contributed by atoms with E-state index in [2.05, 4.69) is 10.2 Å². The lowest BCUT2D eigenvalue weighted by molar-refractivity contribution is 0.0743. The van der Waals surface area contributed by atoms with Crippen LogP contribution in [0.25, 0.3) is 0 Å². The van der Waals surface area contributed by atoms with E-state index >= 15 is 0 Å². The molecule has 0 aliphatic heterocycles. The van der Waals surface area contributed by atoms with E-state index < -0.39 is 0 Å². The lowest BCUT2D eigenvalue weighted by Crippen LogP contribution is -2.26. The zero-order valence-electron chi connectivity index (χ0n) is 12.8. The maximum absolute atomic E-state index is 12.3. The second-order valence-corrected chi connectivity index (χ2v) is 5.31. The van der Waals surface area contributed by atoms with Gasteiger partial charge < -0.3 is 9.32 Å². The first kappa shape index (κ1) is 15.0. The molecule has 23 heavy (non-hydrogen) atoms. The van der Waals surface area contributed by atoms with Crippen LogP contribution in [0.5, 0.6) is 0 Å². The molecular formula is C18H17N3O2. The van der Waals surface area contributed by atoms with Crippen LogP contribution in [0.2, 0.25) is 0 Å². The van der Waals surface area contributed by atoms with Crippen molar-refractivity contribution in [2.45, 2.75) is 13.0 Å². The van der Waals surface area contributed by atoms with E-state index in [1.165, 1.54) is 0 Å². The van der Waals surface area contributed by atoms with Crippen molar-refractivity contribution in [1.82, 2.24) is 15.1 Å². The molecule has 0 saturated heterocycles. The normalized spacial score (nSPS) is 10.5. The number of amides is 1. The average Bonchev–Trinajstić information content (AvgIpc) is 3.04. The zero-order chi connectivity index (χ0) is 16.1. The van der Waals surface area contributed by atoms with Gasteiger partial charge in [-0.05, 0) is 11.1 Å². The van der Waals surface area contributed by atoms with Crippen LogP contribution in [-0.2, 0) is 13.0 Å². The first-order chi connectivity index (χ1) is 11.2. The van der Waals surface area contributed by atoms with Crippen LogP contribution < -0.4 is 0 Å². The van der Waals surface area contributed by atoms with Crippen LogP contribution in [0.1, 0.15) is 27.7 Å². The Morgan fingerprint density at radius 2 is 1.57 bits per heavy atom. The van der Waals surface area contributed by atoms with Crippen molar-refractivity contribution in [2.75, 3.05) is 7.05 Å². The highest BCUT2D eigenvalue weighted by Crippen LogP contribution is 2.11. The first-order valence-corrected chi connectivity index (χ1v) is 7.38. The fourth-order valence-corrected chi connectivity index (χ4v) is 2.27. The molecule has 0 spiro atoms. The van der Waals surface area contributed by atoms with E-state index in [1.807, 2.05) is 60.7 Å². The lowest BCUT2D eigenvalue weighted by atomic mass is 10.2. The molecule has 0 bridgehead atoms. The van der Waals surface area contributed by atoms with Crippen molar-refractivity contribution in [3.8, 4) is 0 Å². The number of benzene rings is 2. The smallest absolute Gasteiger partial charge is 0.311 e. The van der Waals surface area contributed by atoms with E-state index in [0.717, 1.165) is 11.1 Å². The third-order valence-corrected chi connectivity index (χ3v) is 3.46. The van der Waals surface area contributed by atoms with Crippen LogP contribution >= 0.6 is 0 Å². The molecule has 0 radical (unpaired) electrons. The molecule has 3 rings (SSSR count). The molecular weight excluding hydrogens is 290 g/mol. The number of hydrogen-bond donors (Lipinski definition) is 0. The summed E-state index contributed by atoms with van der Waals surface area (Å²) in [5, 5.41) is 7.82. The Morgan fingerprint density at radius 3 is 2.22 bits per heavy atom. The third-order valence-electron chi connectivity index (χ3n) is 3.46. The number of hydrogen-bond acceptors (Lipinski definition) is 4. The Balaban J connectivity index is 1.66. The van der Waals surface area contributed by atoms with E-state index in [9.17, 15) is 4.79 Å². The second-order valence-electron chi connectivity index (χ2n) is 5.31. The molecule has 0 N–H and O–H groups in total.